The van der Waals surface area contributed by atoms with Crippen molar-refractivity contribution in [2.75, 3.05) is 7.11 Å². The van der Waals surface area contributed by atoms with Gasteiger partial charge in [0.2, 0.25) is 0 Å². The summed E-state index contributed by atoms with van der Waals surface area (Å²) in [6.07, 6.45) is 0. The summed E-state index contributed by atoms with van der Waals surface area (Å²) >= 11 is 3.25. The molecule has 1 nitrogen and oxygen atoms in total. The Labute approximate surface area is 111 Å². The molecule has 0 N–H and O–H groups in total. The topological polar surface area (TPSA) is 9.23 Å². The Morgan fingerprint density at radius 3 is 2.24 bits per heavy atom. The van der Waals surface area contributed by atoms with Crippen molar-refractivity contribution in [3.8, 4) is 0 Å². The minimum atomic E-state index is 1.00. The van der Waals surface area contributed by atoms with Crippen molar-refractivity contribution in [1.82, 2.24) is 0 Å². The molecule has 2 rings (SSSR count). The van der Waals surface area contributed by atoms with Gasteiger partial charge in [-0.05, 0) is 29.8 Å². The summed E-state index contributed by atoms with van der Waals surface area (Å²) in [5.74, 6) is 1.00. The van der Waals surface area contributed by atoms with Crippen LogP contribution in [0.15, 0.2) is 64.4 Å². The molecule has 0 spiro atoms. The second-order valence-electron chi connectivity index (χ2n) is 3.50. The monoisotopic (exact) mass is 262 g/mol. The fourth-order valence-corrected chi connectivity index (χ4v) is 2.74. The summed E-state index contributed by atoms with van der Waals surface area (Å²) in [6, 6.07) is 18.9. The van der Waals surface area contributed by atoms with Crippen molar-refractivity contribution < 1.29 is 4.18 Å². The second kappa shape index (κ2) is 6.74. The lowest BCUT2D eigenvalue weighted by molar-refractivity contribution is 0.490. The lowest BCUT2D eigenvalue weighted by Gasteiger charge is -2.03. The molecule has 2 aromatic rings. The van der Waals surface area contributed by atoms with Crippen molar-refractivity contribution in [2.45, 2.75) is 15.5 Å². The first-order valence-electron chi connectivity index (χ1n) is 5.36. The molecule has 0 aliphatic rings. The fraction of sp³-hybridized carbons (Fsp3) is 0.143. The van der Waals surface area contributed by atoms with E-state index in [4.69, 9.17) is 4.18 Å². The lowest BCUT2D eigenvalue weighted by atomic mass is 10.2. The molecule has 0 aromatic heterocycles. The minimum Gasteiger partial charge on any atom is -0.314 e. The molecule has 0 atom stereocenters. The van der Waals surface area contributed by atoms with Gasteiger partial charge in [-0.25, -0.2) is 0 Å². The van der Waals surface area contributed by atoms with Crippen LogP contribution in [0.2, 0.25) is 0 Å². The summed E-state index contributed by atoms with van der Waals surface area (Å²) < 4.78 is 5.01. The van der Waals surface area contributed by atoms with Crippen LogP contribution in [0.4, 0.5) is 0 Å². The minimum absolute atomic E-state index is 1.00. The molecule has 0 heterocycles. The maximum Gasteiger partial charge on any atom is 0.0508 e. The zero-order valence-electron chi connectivity index (χ0n) is 9.63. The summed E-state index contributed by atoms with van der Waals surface area (Å²) in [5.41, 5.74) is 1.33. The average Bonchev–Trinajstić information content (AvgIpc) is 2.40. The van der Waals surface area contributed by atoms with E-state index in [9.17, 15) is 0 Å². The van der Waals surface area contributed by atoms with Crippen molar-refractivity contribution in [2.24, 2.45) is 0 Å². The maximum atomic E-state index is 5.01. The van der Waals surface area contributed by atoms with Gasteiger partial charge >= 0.3 is 0 Å². The normalized spacial score (nSPS) is 10.4. The zero-order valence-corrected chi connectivity index (χ0v) is 11.3. The van der Waals surface area contributed by atoms with Gasteiger partial charge in [0.05, 0.1) is 7.11 Å². The molecule has 17 heavy (non-hydrogen) atoms. The molecule has 88 valence electrons. The van der Waals surface area contributed by atoms with Gasteiger partial charge in [-0.15, -0.1) is 11.8 Å². The Hall–Kier alpha value is -0.900. The van der Waals surface area contributed by atoms with Crippen molar-refractivity contribution in [1.29, 1.82) is 0 Å². The van der Waals surface area contributed by atoms with Crippen LogP contribution in [-0.4, -0.2) is 7.11 Å². The highest BCUT2D eigenvalue weighted by Crippen LogP contribution is 2.24. The third-order valence-corrected chi connectivity index (χ3v) is 3.97. The molecular weight excluding hydrogens is 248 g/mol. The van der Waals surface area contributed by atoms with E-state index in [2.05, 4.69) is 48.5 Å². The Morgan fingerprint density at radius 1 is 0.882 bits per heavy atom. The average molecular weight is 262 g/mol. The summed E-state index contributed by atoms with van der Waals surface area (Å²) in [5, 5.41) is 0. The fourth-order valence-electron chi connectivity index (χ4n) is 1.42. The van der Waals surface area contributed by atoms with Crippen molar-refractivity contribution in [3.63, 3.8) is 0 Å². The van der Waals surface area contributed by atoms with Crippen LogP contribution in [0.1, 0.15) is 5.56 Å². The number of hydrogen-bond acceptors (Lipinski definition) is 3. The van der Waals surface area contributed by atoms with Crippen LogP contribution in [-0.2, 0) is 9.94 Å². The Kier molecular flexibility index (Phi) is 4.98. The molecule has 0 aliphatic heterocycles. The van der Waals surface area contributed by atoms with Crippen LogP contribution < -0.4 is 0 Å². The van der Waals surface area contributed by atoms with E-state index in [0.717, 1.165) is 10.6 Å². The second-order valence-corrected chi connectivity index (χ2v) is 5.52. The third-order valence-electron chi connectivity index (χ3n) is 2.25. The number of rotatable bonds is 5. The van der Waals surface area contributed by atoms with E-state index in [1.807, 2.05) is 17.8 Å². The molecule has 0 radical (unpaired) electrons. The van der Waals surface area contributed by atoms with Gasteiger partial charge in [-0.3, -0.25) is 0 Å². The van der Waals surface area contributed by atoms with Crippen LogP contribution >= 0.6 is 23.8 Å². The van der Waals surface area contributed by atoms with Gasteiger partial charge in [0.1, 0.15) is 0 Å². The first-order chi connectivity index (χ1) is 8.38. The molecule has 0 unspecified atom stereocenters. The molecule has 2 aromatic carbocycles. The molecule has 0 saturated carbocycles. The van der Waals surface area contributed by atoms with Crippen molar-refractivity contribution in [3.05, 3.63) is 60.2 Å². The largest absolute Gasteiger partial charge is 0.314 e. The zero-order chi connectivity index (χ0) is 11.9. The first kappa shape index (κ1) is 12.6. The Balaban J connectivity index is 1.91. The Morgan fingerprint density at radius 2 is 1.59 bits per heavy atom. The lowest BCUT2D eigenvalue weighted by Crippen LogP contribution is -1.81. The predicted molar refractivity (Wildman–Crippen MR) is 75.3 cm³/mol. The maximum absolute atomic E-state index is 5.01. The third kappa shape index (κ3) is 4.11. The number of thioether (sulfide) groups is 1. The van der Waals surface area contributed by atoms with Gasteiger partial charge in [0.25, 0.3) is 0 Å². The van der Waals surface area contributed by atoms with E-state index in [1.54, 1.807) is 7.11 Å². The Bertz CT molecular complexity index is 440. The van der Waals surface area contributed by atoms with Crippen LogP contribution in [0.3, 0.4) is 0 Å². The standard InChI is InChI=1S/C14H14OS2/c1-15-17-14-9-7-12(8-10-14)11-16-13-5-3-2-4-6-13/h2-10H,11H2,1H3. The van der Waals surface area contributed by atoms with Gasteiger partial charge in [-0.2, -0.15) is 0 Å². The van der Waals surface area contributed by atoms with Crippen molar-refractivity contribution >= 4 is 23.8 Å². The number of hydrogen-bond donors (Lipinski definition) is 0. The summed E-state index contributed by atoms with van der Waals surface area (Å²) in [7, 11) is 1.68. The molecule has 0 bridgehead atoms. The highest BCUT2D eigenvalue weighted by molar-refractivity contribution is 7.98. The van der Waals surface area contributed by atoms with E-state index in [0.29, 0.717) is 0 Å². The van der Waals surface area contributed by atoms with Crippen LogP contribution in [0, 0.1) is 0 Å². The van der Waals surface area contributed by atoms with Gasteiger partial charge < -0.3 is 4.18 Å². The molecule has 0 fully saturated rings. The number of benzene rings is 2. The van der Waals surface area contributed by atoms with Crippen LogP contribution in [0.5, 0.6) is 0 Å². The van der Waals surface area contributed by atoms with Gasteiger partial charge in [0, 0.05) is 27.6 Å². The van der Waals surface area contributed by atoms with Crippen LogP contribution in [0.25, 0.3) is 0 Å². The van der Waals surface area contributed by atoms with E-state index >= 15 is 0 Å². The highest BCUT2D eigenvalue weighted by Gasteiger charge is 1.97. The molecular formula is C14H14OS2. The molecule has 3 heteroatoms. The first-order valence-corrected chi connectivity index (χ1v) is 7.08. The van der Waals surface area contributed by atoms with E-state index < -0.39 is 0 Å². The smallest absolute Gasteiger partial charge is 0.0508 e. The SMILES string of the molecule is COSc1ccc(CSc2ccccc2)cc1. The highest BCUT2D eigenvalue weighted by atomic mass is 32.2. The summed E-state index contributed by atoms with van der Waals surface area (Å²) in [6.45, 7) is 0. The molecule has 0 aliphatic carbocycles. The predicted octanol–water partition coefficient (Wildman–Crippen LogP) is 4.63. The van der Waals surface area contributed by atoms with Gasteiger partial charge in [0.15, 0.2) is 0 Å². The van der Waals surface area contributed by atoms with Gasteiger partial charge in [-0.1, -0.05) is 30.3 Å². The van der Waals surface area contributed by atoms with E-state index in [-0.39, 0.29) is 0 Å². The molecule has 0 saturated heterocycles. The quantitative estimate of drug-likeness (QED) is 0.574. The molecule has 0 amide bonds. The van der Waals surface area contributed by atoms with E-state index in [1.165, 1.54) is 22.5 Å². The summed E-state index contributed by atoms with van der Waals surface area (Å²) in [4.78, 5) is 2.45.